The predicted octanol–water partition coefficient (Wildman–Crippen LogP) is -0.790. The van der Waals surface area contributed by atoms with Gasteiger partial charge in [0, 0.05) is 24.2 Å². The van der Waals surface area contributed by atoms with Crippen LogP contribution in [0.15, 0.2) is 0 Å². The van der Waals surface area contributed by atoms with Crippen LogP contribution in [-0.2, 0) is 12.8 Å². The first-order chi connectivity index (χ1) is 9.61. The Balaban J connectivity index is 2.31. The first kappa shape index (κ1) is 13.6. The number of hydrogen-bond donors (Lipinski definition) is 6. The quantitative estimate of drug-likeness (QED) is 0.396. The lowest BCUT2D eigenvalue weighted by atomic mass is 9.91. The van der Waals surface area contributed by atoms with E-state index in [0.29, 0.717) is 54.1 Å². The van der Waals surface area contributed by atoms with Gasteiger partial charge in [0.25, 0.3) is 0 Å². The Labute approximate surface area is 115 Å². The second-order valence-electron chi connectivity index (χ2n) is 5.13. The molecule has 20 heavy (non-hydrogen) atoms. The Morgan fingerprint density at radius 1 is 0.800 bits per heavy atom. The average Bonchev–Trinajstić information content (AvgIpc) is 2.43. The number of quaternary nitrogens is 2. The van der Waals surface area contributed by atoms with E-state index in [1.54, 1.807) is 0 Å². The summed E-state index contributed by atoms with van der Waals surface area (Å²) in [4.78, 5) is 0. The van der Waals surface area contributed by atoms with E-state index in [1.165, 1.54) is 0 Å². The van der Waals surface area contributed by atoms with Gasteiger partial charge in [0.15, 0.2) is 5.69 Å². The van der Waals surface area contributed by atoms with Gasteiger partial charge in [-0.2, -0.15) is 10.5 Å². The van der Waals surface area contributed by atoms with Crippen molar-refractivity contribution in [2.75, 3.05) is 23.7 Å². The van der Waals surface area contributed by atoms with Gasteiger partial charge in [-0.15, -0.1) is 0 Å². The van der Waals surface area contributed by atoms with Gasteiger partial charge in [0.1, 0.15) is 11.4 Å². The molecule has 2 aliphatic rings. The van der Waals surface area contributed by atoms with Crippen LogP contribution in [0.2, 0.25) is 0 Å². The molecule has 2 heterocycles. The number of nitrogens with one attached hydrogen (secondary N) is 4. The molecule has 0 saturated carbocycles. The third-order valence-electron chi connectivity index (χ3n) is 3.95. The zero-order valence-corrected chi connectivity index (χ0v) is 11.0. The topological polar surface area (TPSA) is 120 Å². The molecule has 3 rings (SSSR count). The summed E-state index contributed by atoms with van der Waals surface area (Å²) in [6.07, 6.45) is 2.85. The summed E-state index contributed by atoms with van der Waals surface area (Å²) < 4.78 is 0. The number of fused-ring (bicyclic) bond motifs is 2. The lowest BCUT2D eigenvalue weighted by Gasteiger charge is -2.32. The lowest BCUT2D eigenvalue weighted by Crippen LogP contribution is -3.00. The summed E-state index contributed by atoms with van der Waals surface area (Å²) >= 11 is 0. The van der Waals surface area contributed by atoms with Crippen LogP contribution < -0.4 is 21.1 Å². The summed E-state index contributed by atoms with van der Waals surface area (Å²) in [6.45, 7) is 1.34. The minimum absolute atomic E-state index is 0.194. The molecule has 0 amide bonds. The van der Waals surface area contributed by atoms with Crippen LogP contribution in [0.3, 0.4) is 0 Å². The standard InChI is InChI=1S/C12H18N4O4/c17-15(18)11-7-3-1-5-13-9(7)12(16(19)20)10-8(11)4-2-6-14-10/h13-17,19H,1-6H2. The molecule has 110 valence electrons. The minimum atomic E-state index is -1.02. The van der Waals surface area contributed by atoms with Gasteiger partial charge in [-0.05, 0) is 25.7 Å². The molecule has 8 nitrogen and oxygen atoms in total. The third-order valence-corrected chi connectivity index (χ3v) is 3.95. The predicted molar refractivity (Wildman–Crippen MR) is 71.6 cm³/mol. The van der Waals surface area contributed by atoms with Crippen molar-refractivity contribution in [1.82, 2.24) is 0 Å². The fourth-order valence-corrected chi connectivity index (χ4v) is 3.18. The molecule has 0 fully saturated rings. The van der Waals surface area contributed by atoms with Gasteiger partial charge in [-0.25, -0.2) is 10.4 Å². The Morgan fingerprint density at radius 3 is 1.65 bits per heavy atom. The Bertz CT molecular complexity index is 449. The lowest BCUT2D eigenvalue weighted by molar-refractivity contribution is -0.993. The molecule has 2 aliphatic heterocycles. The van der Waals surface area contributed by atoms with Crippen molar-refractivity contribution < 1.29 is 20.9 Å². The number of benzene rings is 1. The molecule has 0 spiro atoms. The van der Waals surface area contributed by atoms with Gasteiger partial charge in [0.05, 0.1) is 0 Å². The molecule has 1 aromatic carbocycles. The van der Waals surface area contributed by atoms with Crippen molar-refractivity contribution in [3.63, 3.8) is 0 Å². The van der Waals surface area contributed by atoms with Gasteiger partial charge in [-0.1, -0.05) is 0 Å². The molecular formula is C12H18N4O4. The maximum Gasteiger partial charge on any atom is 0.211 e. The van der Waals surface area contributed by atoms with Crippen molar-refractivity contribution in [3.05, 3.63) is 21.5 Å². The second-order valence-corrected chi connectivity index (χ2v) is 5.13. The van der Waals surface area contributed by atoms with Gasteiger partial charge >= 0.3 is 0 Å². The first-order valence-electron chi connectivity index (χ1n) is 6.77. The van der Waals surface area contributed by atoms with E-state index >= 15 is 0 Å². The average molecular weight is 282 g/mol. The summed E-state index contributed by atoms with van der Waals surface area (Å²) in [6, 6.07) is 0. The second kappa shape index (κ2) is 5.17. The van der Waals surface area contributed by atoms with E-state index in [-0.39, 0.29) is 5.69 Å². The Morgan fingerprint density at radius 2 is 1.25 bits per heavy atom. The van der Waals surface area contributed by atoms with E-state index in [4.69, 9.17) is 0 Å². The fourth-order valence-electron chi connectivity index (χ4n) is 3.18. The van der Waals surface area contributed by atoms with E-state index < -0.39 is 10.5 Å². The first-order valence-corrected chi connectivity index (χ1v) is 6.77. The highest BCUT2D eigenvalue weighted by molar-refractivity contribution is 5.87. The highest BCUT2D eigenvalue weighted by Crippen LogP contribution is 2.43. The highest BCUT2D eigenvalue weighted by atomic mass is 16.8. The molecule has 2 atom stereocenters. The van der Waals surface area contributed by atoms with Crippen LogP contribution in [0, 0.1) is 10.4 Å². The molecule has 0 saturated heterocycles. The number of rotatable bonds is 2. The molecule has 6 N–H and O–H groups in total. The van der Waals surface area contributed by atoms with Crippen LogP contribution in [0.1, 0.15) is 24.0 Å². The van der Waals surface area contributed by atoms with Gasteiger partial charge < -0.3 is 21.0 Å². The summed E-state index contributed by atoms with van der Waals surface area (Å²) in [5.41, 5.74) is 2.73. The van der Waals surface area contributed by atoms with Crippen LogP contribution in [-0.4, -0.2) is 23.5 Å². The SMILES string of the molecule is [O-][NH+](O)c1c2c(c([NH+]([O-])O)c3c1CCCN3)NCCC2. The van der Waals surface area contributed by atoms with Crippen molar-refractivity contribution in [2.45, 2.75) is 25.7 Å². The van der Waals surface area contributed by atoms with E-state index in [0.717, 1.165) is 12.8 Å². The summed E-state index contributed by atoms with van der Waals surface area (Å²) in [5, 5.41) is 46.4. The van der Waals surface area contributed by atoms with Crippen LogP contribution in [0.5, 0.6) is 0 Å². The fraction of sp³-hybridized carbons (Fsp3) is 0.500. The molecule has 2 unspecified atom stereocenters. The van der Waals surface area contributed by atoms with Crippen LogP contribution in [0.25, 0.3) is 0 Å². The molecular weight excluding hydrogens is 264 g/mol. The zero-order chi connectivity index (χ0) is 14.3. The largest absolute Gasteiger partial charge is 0.595 e. The van der Waals surface area contributed by atoms with Gasteiger partial charge in [0.2, 0.25) is 5.69 Å². The van der Waals surface area contributed by atoms with E-state index in [1.807, 2.05) is 0 Å². The summed E-state index contributed by atoms with van der Waals surface area (Å²) in [5.74, 6) is 0. The van der Waals surface area contributed by atoms with Crippen molar-refractivity contribution in [3.8, 4) is 0 Å². The van der Waals surface area contributed by atoms with Crippen molar-refractivity contribution in [1.29, 1.82) is 0 Å². The normalized spacial score (nSPS) is 20.2. The Kier molecular flexibility index (Phi) is 3.50. The monoisotopic (exact) mass is 282 g/mol. The third kappa shape index (κ3) is 2.03. The minimum Gasteiger partial charge on any atom is -0.595 e. The van der Waals surface area contributed by atoms with E-state index in [9.17, 15) is 20.8 Å². The highest BCUT2D eigenvalue weighted by Gasteiger charge is 2.33. The zero-order valence-electron chi connectivity index (χ0n) is 11.0. The smallest absolute Gasteiger partial charge is 0.211 e. The van der Waals surface area contributed by atoms with E-state index in [2.05, 4.69) is 10.6 Å². The van der Waals surface area contributed by atoms with Crippen molar-refractivity contribution >= 4 is 22.7 Å². The van der Waals surface area contributed by atoms with Crippen molar-refractivity contribution in [2.24, 2.45) is 0 Å². The molecule has 1 aromatic rings. The molecule has 0 bridgehead atoms. The molecule has 0 aromatic heterocycles. The maximum absolute atomic E-state index is 11.6. The molecule has 8 heteroatoms. The Hall–Kier alpha value is -1.42. The molecule has 0 aliphatic carbocycles. The van der Waals surface area contributed by atoms with Crippen LogP contribution >= 0.6 is 0 Å². The molecule has 0 radical (unpaired) electrons. The number of anilines is 2. The van der Waals surface area contributed by atoms with Crippen LogP contribution in [0.4, 0.5) is 22.7 Å². The number of hydrogen-bond acceptors (Lipinski definition) is 6. The van der Waals surface area contributed by atoms with Gasteiger partial charge in [-0.3, -0.25) is 0 Å². The maximum atomic E-state index is 11.6. The summed E-state index contributed by atoms with van der Waals surface area (Å²) in [7, 11) is 0.